The fourth-order valence-corrected chi connectivity index (χ4v) is 3.64. The lowest BCUT2D eigenvalue weighted by Gasteiger charge is -2.16. The van der Waals surface area contributed by atoms with Crippen molar-refractivity contribution in [3.63, 3.8) is 0 Å². The number of nitrogens with zero attached hydrogens (tertiary/aromatic N) is 2. The molecule has 1 aliphatic heterocycles. The van der Waals surface area contributed by atoms with E-state index in [1.54, 1.807) is 0 Å². The number of ketones is 1. The summed E-state index contributed by atoms with van der Waals surface area (Å²) in [4.78, 5) is 17.1. The highest BCUT2D eigenvalue weighted by atomic mass is 16.5. The predicted molar refractivity (Wildman–Crippen MR) is 122 cm³/mol. The molecule has 2 unspecified atom stereocenters. The van der Waals surface area contributed by atoms with Crippen LogP contribution in [0, 0.1) is 12.3 Å². The van der Waals surface area contributed by atoms with Crippen molar-refractivity contribution in [3.05, 3.63) is 101 Å². The van der Waals surface area contributed by atoms with Gasteiger partial charge in [-0.2, -0.15) is 0 Å². The molecule has 0 N–H and O–H groups in total. The zero-order valence-corrected chi connectivity index (χ0v) is 18.6. The Morgan fingerprint density at radius 2 is 1.71 bits per heavy atom. The van der Waals surface area contributed by atoms with E-state index >= 15 is 0 Å². The molecule has 0 radical (unpaired) electrons. The number of benzene rings is 2. The lowest BCUT2D eigenvalue weighted by atomic mass is 9.86. The summed E-state index contributed by atoms with van der Waals surface area (Å²) in [5.41, 5.74) is 4.85. The number of aryl methyl sites for hydroxylation is 1. The first-order valence-corrected chi connectivity index (χ1v) is 10.7. The molecule has 31 heavy (non-hydrogen) atoms. The monoisotopic (exact) mass is 413 g/mol. The minimum atomic E-state index is -0.382. The van der Waals surface area contributed by atoms with Crippen molar-refractivity contribution in [1.82, 2.24) is 0 Å². The van der Waals surface area contributed by atoms with Gasteiger partial charge in [-0.25, -0.2) is 4.57 Å². The van der Waals surface area contributed by atoms with Crippen molar-refractivity contribution < 1.29 is 14.1 Å². The SMILES string of the molecule is Cc1ccc(C2N=CC(c3cc[n+](Cc4cccc(C(=O)C(C)(C)C)c4)cc3)O2)cc1. The summed E-state index contributed by atoms with van der Waals surface area (Å²) in [6.07, 6.45) is 5.58. The van der Waals surface area contributed by atoms with Crippen LogP contribution in [0.3, 0.4) is 0 Å². The van der Waals surface area contributed by atoms with Crippen LogP contribution in [-0.2, 0) is 11.3 Å². The Hall–Kier alpha value is -3.11. The number of carbonyl (C=O) groups excluding carboxylic acids is 1. The van der Waals surface area contributed by atoms with Crippen LogP contribution in [0.2, 0.25) is 0 Å². The molecule has 4 rings (SSSR count). The van der Waals surface area contributed by atoms with Gasteiger partial charge in [0, 0.05) is 40.5 Å². The Balaban J connectivity index is 1.42. The smallest absolute Gasteiger partial charge is 0.175 e. The van der Waals surface area contributed by atoms with E-state index in [0.29, 0.717) is 6.54 Å². The molecule has 1 aromatic heterocycles. The van der Waals surface area contributed by atoms with Gasteiger partial charge in [0.05, 0.1) is 0 Å². The van der Waals surface area contributed by atoms with Gasteiger partial charge in [0.1, 0.15) is 6.10 Å². The van der Waals surface area contributed by atoms with Gasteiger partial charge in [0.2, 0.25) is 0 Å². The van der Waals surface area contributed by atoms with Gasteiger partial charge in [-0.1, -0.05) is 68.8 Å². The Bertz CT molecular complexity index is 1090. The summed E-state index contributed by atoms with van der Waals surface area (Å²) in [5.74, 6) is 0.162. The van der Waals surface area contributed by atoms with Crippen LogP contribution in [-0.4, -0.2) is 12.0 Å². The average molecular weight is 414 g/mol. The highest BCUT2D eigenvalue weighted by Crippen LogP contribution is 2.31. The summed E-state index contributed by atoms with van der Waals surface area (Å²) in [7, 11) is 0. The van der Waals surface area contributed by atoms with Gasteiger partial charge in [-0.05, 0) is 18.6 Å². The number of Topliss-reactive ketones (excluding diaryl/α,β-unsaturated/α-hetero) is 1. The topological polar surface area (TPSA) is 42.5 Å². The van der Waals surface area contributed by atoms with Crippen LogP contribution >= 0.6 is 0 Å². The molecular formula is C27H29N2O2+. The Morgan fingerprint density at radius 1 is 1.00 bits per heavy atom. The minimum absolute atomic E-state index is 0.145. The van der Waals surface area contributed by atoms with E-state index in [4.69, 9.17) is 4.74 Å². The maximum Gasteiger partial charge on any atom is 0.175 e. The molecule has 4 nitrogen and oxygen atoms in total. The van der Waals surface area contributed by atoms with E-state index in [0.717, 1.165) is 22.3 Å². The van der Waals surface area contributed by atoms with Crippen molar-refractivity contribution >= 4 is 12.0 Å². The highest BCUT2D eigenvalue weighted by Gasteiger charge is 2.25. The maximum absolute atomic E-state index is 12.6. The Labute approximate surface area is 184 Å². The van der Waals surface area contributed by atoms with Crippen molar-refractivity contribution in [2.75, 3.05) is 0 Å². The lowest BCUT2D eigenvalue weighted by molar-refractivity contribution is -0.688. The Morgan fingerprint density at radius 3 is 2.39 bits per heavy atom. The zero-order valence-electron chi connectivity index (χ0n) is 18.6. The molecule has 2 atom stereocenters. The second-order valence-corrected chi connectivity index (χ2v) is 9.20. The van der Waals surface area contributed by atoms with Gasteiger partial charge in [0.15, 0.2) is 30.9 Å². The van der Waals surface area contributed by atoms with E-state index in [9.17, 15) is 4.79 Å². The minimum Gasteiger partial charge on any atom is -0.339 e. The number of rotatable bonds is 5. The number of hydrogen-bond donors (Lipinski definition) is 0. The molecule has 4 heteroatoms. The molecule has 0 spiro atoms. The van der Waals surface area contributed by atoms with Gasteiger partial charge in [0.25, 0.3) is 0 Å². The average Bonchev–Trinajstić information content (AvgIpc) is 3.24. The van der Waals surface area contributed by atoms with Crippen LogP contribution in [0.5, 0.6) is 0 Å². The molecule has 0 fully saturated rings. The second-order valence-electron chi connectivity index (χ2n) is 9.20. The summed E-state index contributed by atoms with van der Waals surface area (Å²) in [5, 5.41) is 0. The highest BCUT2D eigenvalue weighted by molar-refractivity contribution is 5.99. The first kappa shape index (κ1) is 21.1. The number of ether oxygens (including phenoxy) is 1. The standard InChI is InChI=1S/C27H29N2O2/c1-19-8-10-22(11-9-19)26-28-17-24(31-26)21-12-14-29(15-13-21)18-20-6-5-7-23(16-20)25(30)27(2,3)4/h5-17,24,26H,18H2,1-4H3/q+1. The molecule has 0 bridgehead atoms. The van der Waals surface area contributed by atoms with Crippen LogP contribution in [0.15, 0.2) is 78.0 Å². The predicted octanol–water partition coefficient (Wildman–Crippen LogP) is 5.40. The van der Waals surface area contributed by atoms with Crippen LogP contribution in [0.1, 0.15) is 65.7 Å². The molecule has 0 aliphatic carbocycles. The third kappa shape index (κ3) is 4.97. The van der Waals surface area contributed by atoms with Crippen LogP contribution in [0.25, 0.3) is 0 Å². The van der Waals surface area contributed by atoms with Crippen molar-refractivity contribution in [3.8, 4) is 0 Å². The number of hydrogen-bond acceptors (Lipinski definition) is 3. The quantitative estimate of drug-likeness (QED) is 0.415. The zero-order chi connectivity index (χ0) is 22.0. The molecule has 3 aromatic rings. The summed E-state index contributed by atoms with van der Waals surface area (Å²) < 4.78 is 8.24. The fraction of sp³-hybridized carbons (Fsp3) is 0.296. The molecule has 0 saturated heterocycles. The van der Waals surface area contributed by atoms with E-state index in [1.807, 2.05) is 57.6 Å². The third-order valence-corrected chi connectivity index (χ3v) is 5.48. The molecule has 2 aromatic carbocycles. The number of pyridine rings is 1. The van der Waals surface area contributed by atoms with Gasteiger partial charge < -0.3 is 4.74 Å². The number of aliphatic imine (C=N–C) groups is 1. The lowest BCUT2D eigenvalue weighted by Crippen LogP contribution is -2.33. The molecule has 158 valence electrons. The van der Waals surface area contributed by atoms with Gasteiger partial charge >= 0.3 is 0 Å². The maximum atomic E-state index is 12.6. The fourth-order valence-electron chi connectivity index (χ4n) is 3.64. The molecule has 2 heterocycles. The first-order valence-electron chi connectivity index (χ1n) is 10.7. The summed E-state index contributed by atoms with van der Waals surface area (Å²) in [6, 6.07) is 20.3. The molecule has 0 amide bonds. The van der Waals surface area contributed by atoms with Crippen molar-refractivity contribution in [2.24, 2.45) is 10.4 Å². The largest absolute Gasteiger partial charge is 0.339 e. The number of carbonyl (C=O) groups is 1. The van der Waals surface area contributed by atoms with E-state index in [2.05, 4.69) is 58.9 Å². The Kier molecular flexibility index (Phi) is 5.84. The normalized spacial score (nSPS) is 18.3. The summed E-state index contributed by atoms with van der Waals surface area (Å²) in [6.45, 7) is 8.63. The first-order chi connectivity index (χ1) is 14.8. The van der Waals surface area contributed by atoms with Crippen LogP contribution < -0.4 is 4.57 Å². The summed E-state index contributed by atoms with van der Waals surface area (Å²) >= 11 is 0. The van der Waals surface area contributed by atoms with Crippen molar-refractivity contribution in [1.29, 1.82) is 0 Å². The third-order valence-electron chi connectivity index (χ3n) is 5.48. The molecule has 0 saturated carbocycles. The van der Waals surface area contributed by atoms with E-state index < -0.39 is 0 Å². The van der Waals surface area contributed by atoms with Crippen LogP contribution in [0.4, 0.5) is 0 Å². The van der Waals surface area contributed by atoms with Crippen molar-refractivity contribution in [2.45, 2.75) is 46.6 Å². The van der Waals surface area contributed by atoms with E-state index in [-0.39, 0.29) is 23.5 Å². The second kappa shape index (κ2) is 8.56. The van der Waals surface area contributed by atoms with Gasteiger partial charge in [-0.3, -0.25) is 9.79 Å². The van der Waals surface area contributed by atoms with Gasteiger partial charge in [-0.15, -0.1) is 0 Å². The molecule has 1 aliphatic rings. The molecular weight excluding hydrogens is 384 g/mol. The number of aromatic nitrogens is 1. The van der Waals surface area contributed by atoms with E-state index in [1.165, 1.54) is 5.56 Å².